The van der Waals surface area contributed by atoms with Gasteiger partial charge in [-0.15, -0.1) is 0 Å². The number of carbonyl (C=O) groups is 1. The van der Waals surface area contributed by atoms with Gasteiger partial charge in [-0.3, -0.25) is 4.79 Å². The Labute approximate surface area is 125 Å². The SMILES string of the molecule is CN1C(=O)Cc2cc(C(O)CCNC(C)(C)CO)ccc21. The van der Waals surface area contributed by atoms with E-state index in [4.69, 9.17) is 0 Å². The Hall–Kier alpha value is -1.43. The van der Waals surface area contributed by atoms with Crippen LogP contribution in [-0.2, 0) is 11.2 Å². The summed E-state index contributed by atoms with van der Waals surface area (Å²) in [6.45, 7) is 4.49. The normalized spacial score (nSPS) is 16.2. The van der Waals surface area contributed by atoms with E-state index in [1.54, 1.807) is 11.9 Å². The summed E-state index contributed by atoms with van der Waals surface area (Å²) >= 11 is 0. The van der Waals surface area contributed by atoms with Crippen molar-refractivity contribution in [2.75, 3.05) is 25.1 Å². The van der Waals surface area contributed by atoms with Crippen LogP contribution in [0.25, 0.3) is 0 Å². The number of hydrogen-bond acceptors (Lipinski definition) is 4. The molecule has 0 saturated carbocycles. The van der Waals surface area contributed by atoms with Crippen LogP contribution >= 0.6 is 0 Å². The molecule has 5 heteroatoms. The predicted molar refractivity (Wildman–Crippen MR) is 82.3 cm³/mol. The van der Waals surface area contributed by atoms with Gasteiger partial charge in [0.15, 0.2) is 0 Å². The third-order valence-electron chi connectivity index (χ3n) is 3.98. The first-order valence-electron chi connectivity index (χ1n) is 7.27. The van der Waals surface area contributed by atoms with Crippen LogP contribution < -0.4 is 10.2 Å². The smallest absolute Gasteiger partial charge is 0.231 e. The number of nitrogens with one attached hydrogen (secondary N) is 1. The lowest BCUT2D eigenvalue weighted by molar-refractivity contribution is -0.117. The average molecular weight is 292 g/mol. The molecular formula is C16H24N2O3. The summed E-state index contributed by atoms with van der Waals surface area (Å²) in [7, 11) is 1.77. The summed E-state index contributed by atoms with van der Waals surface area (Å²) in [5.41, 5.74) is 2.39. The number of amides is 1. The van der Waals surface area contributed by atoms with Gasteiger partial charge in [0.2, 0.25) is 5.91 Å². The Bertz CT molecular complexity index is 528. The van der Waals surface area contributed by atoms with E-state index in [1.807, 2.05) is 32.0 Å². The molecule has 116 valence electrons. The summed E-state index contributed by atoms with van der Waals surface area (Å²) in [5.74, 6) is 0.0861. The lowest BCUT2D eigenvalue weighted by Gasteiger charge is -2.24. The molecule has 3 N–H and O–H groups in total. The highest BCUT2D eigenvalue weighted by molar-refractivity contribution is 6.00. The Morgan fingerprint density at radius 1 is 1.43 bits per heavy atom. The first-order valence-corrected chi connectivity index (χ1v) is 7.27. The number of aliphatic hydroxyl groups excluding tert-OH is 2. The van der Waals surface area contributed by atoms with Gasteiger partial charge in [-0.25, -0.2) is 0 Å². The van der Waals surface area contributed by atoms with Crippen LogP contribution in [0.3, 0.4) is 0 Å². The van der Waals surface area contributed by atoms with Crippen LogP contribution in [0, 0.1) is 0 Å². The molecule has 1 unspecified atom stereocenters. The second-order valence-corrected chi connectivity index (χ2v) is 6.29. The van der Waals surface area contributed by atoms with Crippen molar-refractivity contribution >= 4 is 11.6 Å². The molecule has 1 amide bonds. The molecule has 5 nitrogen and oxygen atoms in total. The van der Waals surface area contributed by atoms with Crippen LogP contribution in [0.2, 0.25) is 0 Å². The largest absolute Gasteiger partial charge is 0.394 e. The molecule has 1 atom stereocenters. The number of carbonyl (C=O) groups excluding carboxylic acids is 1. The summed E-state index contributed by atoms with van der Waals surface area (Å²) in [4.78, 5) is 13.3. The van der Waals surface area contributed by atoms with Crippen molar-refractivity contribution < 1.29 is 15.0 Å². The third kappa shape index (κ3) is 3.61. The van der Waals surface area contributed by atoms with Gasteiger partial charge in [0.1, 0.15) is 0 Å². The summed E-state index contributed by atoms with van der Waals surface area (Å²) in [6.07, 6.45) is 0.395. The van der Waals surface area contributed by atoms with E-state index in [0.717, 1.165) is 16.8 Å². The topological polar surface area (TPSA) is 72.8 Å². The third-order valence-corrected chi connectivity index (χ3v) is 3.98. The van der Waals surface area contributed by atoms with Gasteiger partial charge in [-0.1, -0.05) is 12.1 Å². The number of anilines is 1. The molecule has 0 fully saturated rings. The van der Waals surface area contributed by atoms with Crippen LogP contribution in [0.4, 0.5) is 5.69 Å². The zero-order valence-corrected chi connectivity index (χ0v) is 12.9. The van der Waals surface area contributed by atoms with Gasteiger partial charge < -0.3 is 20.4 Å². The fourth-order valence-corrected chi connectivity index (χ4v) is 2.47. The number of rotatable bonds is 6. The van der Waals surface area contributed by atoms with E-state index in [9.17, 15) is 15.0 Å². The van der Waals surface area contributed by atoms with E-state index in [-0.39, 0.29) is 18.1 Å². The predicted octanol–water partition coefficient (Wildman–Crippen LogP) is 0.989. The first-order chi connectivity index (χ1) is 9.84. The maximum Gasteiger partial charge on any atom is 0.231 e. The van der Waals surface area contributed by atoms with Crippen LogP contribution in [-0.4, -0.2) is 41.9 Å². The molecule has 1 heterocycles. The Balaban J connectivity index is 1.97. The summed E-state index contributed by atoms with van der Waals surface area (Å²) < 4.78 is 0. The number of aliphatic hydroxyl groups is 2. The zero-order chi connectivity index (χ0) is 15.6. The number of benzene rings is 1. The number of nitrogens with zero attached hydrogens (tertiary/aromatic N) is 1. The molecule has 1 aliphatic heterocycles. The van der Waals surface area contributed by atoms with E-state index in [1.165, 1.54) is 0 Å². The van der Waals surface area contributed by atoms with Gasteiger partial charge in [0.05, 0.1) is 19.1 Å². The minimum Gasteiger partial charge on any atom is -0.394 e. The van der Waals surface area contributed by atoms with E-state index in [2.05, 4.69) is 5.32 Å². The van der Waals surface area contributed by atoms with E-state index >= 15 is 0 Å². The summed E-state index contributed by atoms with van der Waals surface area (Å²) in [5, 5.41) is 22.6. The molecule has 2 rings (SSSR count). The standard InChI is InChI=1S/C16H24N2O3/c1-16(2,10-19)17-7-6-14(20)11-4-5-13-12(8-11)9-15(21)18(13)3/h4-5,8,14,17,19-20H,6-7,9-10H2,1-3H3. The molecule has 0 aromatic heterocycles. The second-order valence-electron chi connectivity index (χ2n) is 6.29. The zero-order valence-electron chi connectivity index (χ0n) is 12.9. The van der Waals surface area contributed by atoms with Crippen molar-refractivity contribution in [1.82, 2.24) is 5.32 Å². The first kappa shape index (κ1) is 15.9. The van der Waals surface area contributed by atoms with Crippen LogP contribution in [0.15, 0.2) is 18.2 Å². The van der Waals surface area contributed by atoms with Crippen molar-refractivity contribution in [1.29, 1.82) is 0 Å². The molecule has 1 aliphatic rings. The fourth-order valence-electron chi connectivity index (χ4n) is 2.47. The van der Waals surface area contributed by atoms with Crippen LogP contribution in [0.1, 0.15) is 37.5 Å². The van der Waals surface area contributed by atoms with Crippen molar-refractivity contribution in [3.05, 3.63) is 29.3 Å². The molecule has 1 aromatic rings. The van der Waals surface area contributed by atoms with Gasteiger partial charge >= 0.3 is 0 Å². The van der Waals surface area contributed by atoms with Crippen molar-refractivity contribution in [2.24, 2.45) is 0 Å². The minimum absolute atomic E-state index is 0.0520. The average Bonchev–Trinajstić information content (AvgIpc) is 2.73. The molecular weight excluding hydrogens is 268 g/mol. The molecule has 0 bridgehead atoms. The van der Waals surface area contributed by atoms with E-state index < -0.39 is 6.10 Å². The van der Waals surface area contributed by atoms with Crippen molar-refractivity contribution in [3.63, 3.8) is 0 Å². The second kappa shape index (κ2) is 6.13. The maximum absolute atomic E-state index is 11.7. The molecule has 0 spiro atoms. The Kier molecular flexibility index (Phi) is 4.66. The molecule has 0 saturated heterocycles. The fraction of sp³-hybridized carbons (Fsp3) is 0.562. The maximum atomic E-state index is 11.7. The Morgan fingerprint density at radius 3 is 2.81 bits per heavy atom. The quantitative estimate of drug-likeness (QED) is 0.731. The Morgan fingerprint density at radius 2 is 2.14 bits per heavy atom. The minimum atomic E-state index is -0.571. The molecule has 21 heavy (non-hydrogen) atoms. The van der Waals surface area contributed by atoms with Gasteiger partial charge in [0.25, 0.3) is 0 Å². The molecule has 0 aliphatic carbocycles. The van der Waals surface area contributed by atoms with Crippen LogP contribution in [0.5, 0.6) is 0 Å². The highest BCUT2D eigenvalue weighted by Gasteiger charge is 2.24. The van der Waals surface area contributed by atoms with Gasteiger partial charge in [-0.05, 0) is 44.0 Å². The highest BCUT2D eigenvalue weighted by atomic mass is 16.3. The van der Waals surface area contributed by atoms with Crippen molar-refractivity contribution in [2.45, 2.75) is 38.3 Å². The monoisotopic (exact) mass is 292 g/mol. The van der Waals surface area contributed by atoms with Gasteiger partial charge in [0, 0.05) is 18.3 Å². The lowest BCUT2D eigenvalue weighted by Crippen LogP contribution is -2.43. The number of hydrogen-bond donors (Lipinski definition) is 3. The van der Waals surface area contributed by atoms with Crippen molar-refractivity contribution in [3.8, 4) is 0 Å². The highest BCUT2D eigenvalue weighted by Crippen LogP contribution is 2.30. The van der Waals surface area contributed by atoms with Gasteiger partial charge in [-0.2, -0.15) is 0 Å². The molecule has 1 aromatic carbocycles. The summed E-state index contributed by atoms with van der Waals surface area (Å²) in [6, 6.07) is 5.68. The van der Waals surface area contributed by atoms with E-state index in [0.29, 0.717) is 19.4 Å². The number of likely N-dealkylation sites (N-methyl/N-ethyl adjacent to an activating group) is 1. The number of fused-ring (bicyclic) bond motifs is 1. The molecule has 0 radical (unpaired) electrons. The lowest BCUT2D eigenvalue weighted by atomic mass is 10.0.